The molecule has 0 aromatic heterocycles. The van der Waals surface area contributed by atoms with Gasteiger partial charge in [0.05, 0.1) is 0 Å². The number of anilines is 2. The maximum Gasteiger partial charge on any atom is 0.0389 e. The summed E-state index contributed by atoms with van der Waals surface area (Å²) in [5.74, 6) is 0.916. The van der Waals surface area contributed by atoms with Gasteiger partial charge in [0.1, 0.15) is 0 Å². The fraction of sp³-hybridized carbons (Fsp3) is 0.625. The number of benzene rings is 1. The summed E-state index contributed by atoms with van der Waals surface area (Å²) < 4.78 is 0. The summed E-state index contributed by atoms with van der Waals surface area (Å²) in [5, 5.41) is 0. The SMILES string of the molecule is CCC1CCCC(N(CC)c2cccc(N)c2)C1. The Hall–Kier alpha value is -1.18. The van der Waals surface area contributed by atoms with Crippen LogP contribution in [0.4, 0.5) is 11.4 Å². The van der Waals surface area contributed by atoms with Gasteiger partial charge in [-0.1, -0.05) is 32.3 Å². The second-order valence-electron chi connectivity index (χ2n) is 5.48. The molecule has 0 spiro atoms. The molecule has 2 atom stereocenters. The van der Waals surface area contributed by atoms with Crippen molar-refractivity contribution in [2.24, 2.45) is 5.92 Å². The Labute approximate surface area is 111 Å². The summed E-state index contributed by atoms with van der Waals surface area (Å²) in [6.45, 7) is 5.65. The molecule has 1 aromatic carbocycles. The van der Waals surface area contributed by atoms with Crippen LogP contribution < -0.4 is 10.6 Å². The normalized spacial score (nSPS) is 23.9. The molecule has 0 radical (unpaired) electrons. The van der Waals surface area contributed by atoms with Gasteiger partial charge in [0.2, 0.25) is 0 Å². The lowest BCUT2D eigenvalue weighted by molar-refractivity contribution is 0.304. The van der Waals surface area contributed by atoms with Crippen LogP contribution in [0.5, 0.6) is 0 Å². The van der Waals surface area contributed by atoms with E-state index in [4.69, 9.17) is 5.73 Å². The fourth-order valence-corrected chi connectivity index (χ4v) is 3.27. The molecule has 0 bridgehead atoms. The lowest BCUT2D eigenvalue weighted by Gasteiger charge is -2.38. The molecule has 0 aliphatic heterocycles. The number of nitrogen functional groups attached to an aromatic ring is 1. The van der Waals surface area contributed by atoms with E-state index in [9.17, 15) is 0 Å². The minimum Gasteiger partial charge on any atom is -0.399 e. The van der Waals surface area contributed by atoms with E-state index in [0.717, 1.165) is 18.2 Å². The van der Waals surface area contributed by atoms with Gasteiger partial charge in [0.15, 0.2) is 0 Å². The van der Waals surface area contributed by atoms with E-state index in [1.807, 2.05) is 6.07 Å². The summed E-state index contributed by atoms with van der Waals surface area (Å²) >= 11 is 0. The average molecular weight is 246 g/mol. The van der Waals surface area contributed by atoms with Crippen LogP contribution in [-0.4, -0.2) is 12.6 Å². The molecule has 2 rings (SSSR count). The van der Waals surface area contributed by atoms with Gasteiger partial charge in [-0.2, -0.15) is 0 Å². The zero-order valence-corrected chi connectivity index (χ0v) is 11.7. The van der Waals surface area contributed by atoms with Crippen LogP contribution >= 0.6 is 0 Å². The Bertz CT molecular complexity index is 375. The molecule has 2 N–H and O–H groups in total. The van der Waals surface area contributed by atoms with Gasteiger partial charge in [0, 0.05) is 24.0 Å². The van der Waals surface area contributed by atoms with E-state index in [1.165, 1.54) is 37.8 Å². The lowest BCUT2D eigenvalue weighted by atomic mass is 9.83. The van der Waals surface area contributed by atoms with Crippen LogP contribution in [0, 0.1) is 5.92 Å². The van der Waals surface area contributed by atoms with Crippen LogP contribution in [-0.2, 0) is 0 Å². The molecule has 100 valence electrons. The summed E-state index contributed by atoms with van der Waals surface area (Å²) in [4.78, 5) is 2.54. The van der Waals surface area contributed by atoms with Crippen molar-refractivity contribution in [2.45, 2.75) is 52.0 Å². The van der Waals surface area contributed by atoms with Crippen molar-refractivity contribution in [1.82, 2.24) is 0 Å². The van der Waals surface area contributed by atoms with Crippen molar-refractivity contribution in [3.8, 4) is 0 Å². The number of nitrogens with zero attached hydrogens (tertiary/aromatic N) is 1. The Morgan fingerprint density at radius 1 is 1.28 bits per heavy atom. The van der Waals surface area contributed by atoms with Crippen LogP contribution in [0.25, 0.3) is 0 Å². The Kier molecular flexibility index (Phi) is 4.51. The quantitative estimate of drug-likeness (QED) is 0.812. The topological polar surface area (TPSA) is 29.3 Å². The van der Waals surface area contributed by atoms with E-state index in [0.29, 0.717) is 6.04 Å². The average Bonchev–Trinajstić information content (AvgIpc) is 2.40. The highest BCUT2D eigenvalue weighted by Crippen LogP contribution is 2.32. The highest BCUT2D eigenvalue weighted by molar-refractivity contribution is 5.56. The van der Waals surface area contributed by atoms with Crippen molar-refractivity contribution >= 4 is 11.4 Å². The Morgan fingerprint density at radius 2 is 2.11 bits per heavy atom. The molecule has 2 unspecified atom stereocenters. The first kappa shape index (κ1) is 13.3. The molecular formula is C16H26N2. The molecule has 0 heterocycles. The Morgan fingerprint density at radius 3 is 2.78 bits per heavy atom. The lowest BCUT2D eigenvalue weighted by Crippen LogP contribution is -2.38. The summed E-state index contributed by atoms with van der Waals surface area (Å²) in [6.07, 6.45) is 6.80. The first-order chi connectivity index (χ1) is 8.74. The van der Waals surface area contributed by atoms with Crippen molar-refractivity contribution in [2.75, 3.05) is 17.2 Å². The van der Waals surface area contributed by atoms with Gasteiger partial charge in [-0.3, -0.25) is 0 Å². The van der Waals surface area contributed by atoms with Crippen molar-refractivity contribution in [3.05, 3.63) is 24.3 Å². The van der Waals surface area contributed by atoms with E-state index in [1.54, 1.807) is 0 Å². The zero-order chi connectivity index (χ0) is 13.0. The van der Waals surface area contributed by atoms with E-state index >= 15 is 0 Å². The predicted molar refractivity (Wildman–Crippen MR) is 79.9 cm³/mol. The first-order valence-corrected chi connectivity index (χ1v) is 7.36. The van der Waals surface area contributed by atoms with Gasteiger partial charge in [-0.15, -0.1) is 0 Å². The van der Waals surface area contributed by atoms with Crippen molar-refractivity contribution in [3.63, 3.8) is 0 Å². The van der Waals surface area contributed by atoms with Crippen molar-refractivity contribution < 1.29 is 0 Å². The van der Waals surface area contributed by atoms with E-state index in [-0.39, 0.29) is 0 Å². The van der Waals surface area contributed by atoms with Crippen LogP contribution in [0.2, 0.25) is 0 Å². The number of rotatable bonds is 4. The molecule has 1 aliphatic carbocycles. The minimum atomic E-state index is 0.704. The second-order valence-corrected chi connectivity index (χ2v) is 5.48. The van der Waals surface area contributed by atoms with Gasteiger partial charge >= 0.3 is 0 Å². The third-order valence-electron chi connectivity index (χ3n) is 4.32. The minimum absolute atomic E-state index is 0.704. The van der Waals surface area contributed by atoms with Gasteiger partial charge < -0.3 is 10.6 Å². The Balaban J connectivity index is 2.12. The van der Waals surface area contributed by atoms with Crippen molar-refractivity contribution in [1.29, 1.82) is 0 Å². The number of nitrogens with two attached hydrogens (primary N) is 1. The number of hydrogen-bond donors (Lipinski definition) is 1. The maximum absolute atomic E-state index is 5.91. The summed E-state index contributed by atoms with van der Waals surface area (Å²) in [7, 11) is 0. The molecule has 1 saturated carbocycles. The molecule has 0 saturated heterocycles. The summed E-state index contributed by atoms with van der Waals surface area (Å²) in [5.41, 5.74) is 8.07. The highest BCUT2D eigenvalue weighted by Gasteiger charge is 2.25. The van der Waals surface area contributed by atoms with Crippen LogP contribution in [0.15, 0.2) is 24.3 Å². The molecule has 18 heavy (non-hydrogen) atoms. The predicted octanol–water partition coefficient (Wildman–Crippen LogP) is 4.06. The molecule has 1 fully saturated rings. The fourth-order valence-electron chi connectivity index (χ4n) is 3.27. The highest BCUT2D eigenvalue weighted by atomic mass is 15.2. The zero-order valence-electron chi connectivity index (χ0n) is 11.7. The molecule has 2 heteroatoms. The standard InChI is InChI=1S/C16H26N2/c1-3-13-7-5-9-15(11-13)18(4-2)16-10-6-8-14(17)12-16/h6,8,10,12-13,15H,3-5,7,9,11,17H2,1-2H3. The molecule has 0 amide bonds. The maximum atomic E-state index is 5.91. The van der Waals surface area contributed by atoms with Gasteiger partial charge in [-0.05, 0) is 43.9 Å². The van der Waals surface area contributed by atoms with E-state index in [2.05, 4.69) is 36.9 Å². The van der Waals surface area contributed by atoms with E-state index < -0.39 is 0 Å². The molecule has 1 aliphatic rings. The van der Waals surface area contributed by atoms with Crippen LogP contribution in [0.1, 0.15) is 46.0 Å². The third-order valence-corrected chi connectivity index (χ3v) is 4.32. The molecular weight excluding hydrogens is 220 g/mol. The third kappa shape index (κ3) is 2.98. The second kappa shape index (κ2) is 6.12. The summed E-state index contributed by atoms with van der Waals surface area (Å²) in [6, 6.07) is 9.03. The largest absolute Gasteiger partial charge is 0.399 e. The monoisotopic (exact) mass is 246 g/mol. The van der Waals surface area contributed by atoms with Crippen LogP contribution in [0.3, 0.4) is 0 Å². The molecule has 1 aromatic rings. The van der Waals surface area contributed by atoms with Gasteiger partial charge in [-0.25, -0.2) is 0 Å². The number of hydrogen-bond acceptors (Lipinski definition) is 2. The smallest absolute Gasteiger partial charge is 0.0389 e. The van der Waals surface area contributed by atoms with Gasteiger partial charge in [0.25, 0.3) is 0 Å². The first-order valence-electron chi connectivity index (χ1n) is 7.36. The molecule has 2 nitrogen and oxygen atoms in total.